The third kappa shape index (κ3) is 6.89. The van der Waals surface area contributed by atoms with Gasteiger partial charge in [-0.2, -0.15) is 0 Å². The van der Waals surface area contributed by atoms with Crippen molar-refractivity contribution in [1.82, 2.24) is 4.90 Å². The molecule has 0 heterocycles. The molecule has 140 valence electrons. The van der Waals surface area contributed by atoms with Gasteiger partial charge in [-0.1, -0.05) is 24.8 Å². The Morgan fingerprint density at radius 1 is 1.31 bits per heavy atom. The van der Waals surface area contributed by atoms with Gasteiger partial charge in [0.1, 0.15) is 11.5 Å². The average Bonchev–Trinajstić information content (AvgIpc) is 2.82. The lowest BCUT2D eigenvalue weighted by molar-refractivity contribution is -0.124. The molecule has 0 atom stereocenters. The van der Waals surface area contributed by atoms with Crippen LogP contribution < -0.4 is 5.73 Å². The van der Waals surface area contributed by atoms with Crippen LogP contribution >= 0.6 is 0 Å². The van der Waals surface area contributed by atoms with Crippen LogP contribution in [0.2, 0.25) is 0 Å². The van der Waals surface area contributed by atoms with E-state index >= 15 is 0 Å². The molecule has 0 fully saturated rings. The van der Waals surface area contributed by atoms with Crippen LogP contribution in [0.4, 0.5) is 0 Å². The summed E-state index contributed by atoms with van der Waals surface area (Å²) < 4.78 is 10.7. The minimum Gasteiger partial charge on any atom is -0.501 e. The van der Waals surface area contributed by atoms with E-state index in [-0.39, 0.29) is 5.91 Å². The molecule has 1 aliphatic rings. The van der Waals surface area contributed by atoms with E-state index in [4.69, 9.17) is 15.2 Å². The maximum atomic E-state index is 12.5. The van der Waals surface area contributed by atoms with Gasteiger partial charge in [0, 0.05) is 37.9 Å². The summed E-state index contributed by atoms with van der Waals surface area (Å²) in [6.45, 7) is 3.61. The Bertz CT molecular complexity index is 705. The number of nitrogens with two attached hydrogens (primary N) is 1. The standard InChI is InChI=1S/C21H28N2O3/c1-6-8-18(22)10-7-9-17(21(24)23(2)3)13-16-11-12-19(25-4)15-20(14-16)26-5/h6-8,10-11,13-15H,1,9,12,22H2,2-5H3/b10-7-,17-13+,18-8+. The molecule has 0 saturated carbocycles. The fourth-order valence-electron chi connectivity index (χ4n) is 2.27. The number of amides is 1. The van der Waals surface area contributed by atoms with E-state index < -0.39 is 0 Å². The zero-order valence-electron chi connectivity index (χ0n) is 16.0. The number of carbonyl (C=O) groups is 1. The normalized spacial score (nSPS) is 15.6. The molecule has 0 unspecified atom stereocenters. The molecule has 5 nitrogen and oxygen atoms in total. The smallest absolute Gasteiger partial charge is 0.249 e. The Labute approximate surface area is 156 Å². The SMILES string of the molecule is C=C/C=C(N)\C=C/C/C(=C\C1=CCC(OC)=CC(OC)=C1)C(=O)N(C)C. The second kappa shape index (κ2) is 10.8. The number of rotatable bonds is 8. The highest BCUT2D eigenvalue weighted by molar-refractivity contribution is 5.94. The van der Waals surface area contributed by atoms with Crippen molar-refractivity contribution in [2.75, 3.05) is 28.3 Å². The molecule has 0 aromatic carbocycles. The van der Waals surface area contributed by atoms with Crippen molar-refractivity contribution in [3.05, 3.63) is 83.5 Å². The summed E-state index contributed by atoms with van der Waals surface area (Å²) in [5.74, 6) is 1.41. The number of likely N-dealkylation sites (N-methyl/N-ethyl adjacent to an activating group) is 1. The van der Waals surface area contributed by atoms with E-state index in [9.17, 15) is 4.79 Å². The van der Waals surface area contributed by atoms with Gasteiger partial charge in [-0.25, -0.2) is 0 Å². The number of hydrogen-bond donors (Lipinski definition) is 1. The number of hydrogen-bond acceptors (Lipinski definition) is 4. The van der Waals surface area contributed by atoms with E-state index in [0.29, 0.717) is 29.9 Å². The van der Waals surface area contributed by atoms with E-state index in [1.54, 1.807) is 51.4 Å². The van der Waals surface area contributed by atoms with Crippen LogP contribution in [0.25, 0.3) is 0 Å². The molecular weight excluding hydrogens is 328 g/mol. The van der Waals surface area contributed by atoms with E-state index in [1.807, 2.05) is 30.4 Å². The van der Waals surface area contributed by atoms with Gasteiger partial charge in [-0.05, 0) is 36.3 Å². The van der Waals surface area contributed by atoms with Crippen molar-refractivity contribution in [2.24, 2.45) is 5.73 Å². The third-order valence-corrected chi connectivity index (χ3v) is 3.63. The van der Waals surface area contributed by atoms with Crippen molar-refractivity contribution in [1.29, 1.82) is 0 Å². The minimum atomic E-state index is -0.0571. The van der Waals surface area contributed by atoms with Crippen LogP contribution in [0.5, 0.6) is 0 Å². The van der Waals surface area contributed by atoms with Crippen LogP contribution in [0.15, 0.2) is 83.5 Å². The third-order valence-electron chi connectivity index (χ3n) is 3.63. The first-order chi connectivity index (χ1) is 12.4. The maximum Gasteiger partial charge on any atom is 0.249 e. The molecule has 0 aliphatic heterocycles. The molecule has 0 aromatic heterocycles. The van der Waals surface area contributed by atoms with Gasteiger partial charge < -0.3 is 20.1 Å². The first-order valence-corrected chi connectivity index (χ1v) is 8.28. The molecule has 0 bridgehead atoms. The first-order valence-electron chi connectivity index (χ1n) is 8.28. The Hall–Kier alpha value is -2.95. The number of carbonyl (C=O) groups excluding carboxylic acids is 1. The molecule has 1 aliphatic carbocycles. The predicted molar refractivity (Wildman–Crippen MR) is 106 cm³/mol. The molecule has 0 spiro atoms. The van der Waals surface area contributed by atoms with E-state index in [1.165, 1.54) is 0 Å². The van der Waals surface area contributed by atoms with Crippen molar-refractivity contribution >= 4 is 5.91 Å². The summed E-state index contributed by atoms with van der Waals surface area (Å²) in [7, 11) is 6.69. The Morgan fingerprint density at radius 3 is 2.62 bits per heavy atom. The largest absolute Gasteiger partial charge is 0.501 e. The van der Waals surface area contributed by atoms with Gasteiger partial charge in [-0.15, -0.1) is 0 Å². The second-order valence-corrected chi connectivity index (χ2v) is 5.85. The molecule has 0 aromatic rings. The van der Waals surface area contributed by atoms with Gasteiger partial charge in [0.15, 0.2) is 0 Å². The monoisotopic (exact) mass is 356 g/mol. The van der Waals surface area contributed by atoms with Crippen molar-refractivity contribution in [3.63, 3.8) is 0 Å². The van der Waals surface area contributed by atoms with Gasteiger partial charge in [0.05, 0.1) is 14.2 Å². The zero-order valence-corrected chi connectivity index (χ0v) is 16.0. The van der Waals surface area contributed by atoms with Crippen LogP contribution in [0, 0.1) is 0 Å². The molecule has 1 rings (SSSR count). The van der Waals surface area contributed by atoms with E-state index in [2.05, 4.69) is 6.58 Å². The Kier molecular flexibility index (Phi) is 8.78. The lowest BCUT2D eigenvalue weighted by Crippen LogP contribution is -2.23. The Balaban J connectivity index is 3.14. The number of nitrogens with zero attached hydrogens (tertiary/aromatic N) is 1. The highest BCUT2D eigenvalue weighted by Gasteiger charge is 2.12. The van der Waals surface area contributed by atoms with Gasteiger partial charge in [0.25, 0.3) is 0 Å². The van der Waals surface area contributed by atoms with Crippen LogP contribution in [0.1, 0.15) is 12.8 Å². The molecular formula is C21H28N2O3. The molecule has 2 N–H and O–H groups in total. The quantitative estimate of drug-likeness (QED) is 0.535. The van der Waals surface area contributed by atoms with Gasteiger partial charge in [-0.3, -0.25) is 4.79 Å². The maximum absolute atomic E-state index is 12.5. The number of allylic oxidation sites excluding steroid dienone is 9. The predicted octanol–water partition coefficient (Wildman–Crippen LogP) is 3.37. The fourth-order valence-corrected chi connectivity index (χ4v) is 2.27. The van der Waals surface area contributed by atoms with E-state index in [0.717, 1.165) is 11.3 Å². The molecule has 26 heavy (non-hydrogen) atoms. The highest BCUT2D eigenvalue weighted by atomic mass is 16.5. The van der Waals surface area contributed by atoms with Crippen molar-refractivity contribution in [3.8, 4) is 0 Å². The fraction of sp³-hybridized carbons (Fsp3) is 0.286. The first kappa shape index (κ1) is 21.1. The van der Waals surface area contributed by atoms with Gasteiger partial charge in [0.2, 0.25) is 5.91 Å². The van der Waals surface area contributed by atoms with Crippen molar-refractivity contribution in [2.45, 2.75) is 12.8 Å². The summed E-state index contributed by atoms with van der Waals surface area (Å²) >= 11 is 0. The number of methoxy groups -OCH3 is 2. The van der Waals surface area contributed by atoms with Crippen molar-refractivity contribution < 1.29 is 14.3 Å². The molecule has 0 saturated heterocycles. The van der Waals surface area contributed by atoms with Crippen LogP contribution in [0.3, 0.4) is 0 Å². The minimum absolute atomic E-state index is 0.0571. The molecule has 0 radical (unpaired) electrons. The number of ether oxygens (including phenoxy) is 2. The van der Waals surface area contributed by atoms with Crippen LogP contribution in [-0.4, -0.2) is 39.1 Å². The van der Waals surface area contributed by atoms with Gasteiger partial charge >= 0.3 is 0 Å². The summed E-state index contributed by atoms with van der Waals surface area (Å²) in [6.07, 6.45) is 15.6. The average molecular weight is 356 g/mol. The summed E-state index contributed by atoms with van der Waals surface area (Å²) in [5.41, 5.74) is 7.93. The molecule has 1 amide bonds. The summed E-state index contributed by atoms with van der Waals surface area (Å²) in [6, 6.07) is 0. The Morgan fingerprint density at radius 2 is 2.04 bits per heavy atom. The lowest BCUT2D eigenvalue weighted by atomic mass is 10.1. The zero-order chi connectivity index (χ0) is 19.5. The highest BCUT2D eigenvalue weighted by Crippen LogP contribution is 2.20. The van der Waals surface area contributed by atoms with Crippen LogP contribution in [-0.2, 0) is 14.3 Å². The lowest BCUT2D eigenvalue weighted by Gasteiger charge is -2.13. The molecule has 5 heteroatoms. The second-order valence-electron chi connectivity index (χ2n) is 5.85. The topological polar surface area (TPSA) is 64.8 Å². The summed E-state index contributed by atoms with van der Waals surface area (Å²) in [5, 5.41) is 0. The summed E-state index contributed by atoms with van der Waals surface area (Å²) in [4.78, 5) is 14.1.